The van der Waals surface area contributed by atoms with Gasteiger partial charge in [-0.3, -0.25) is 0 Å². The molecule has 3 heteroatoms. The molecule has 1 atom stereocenters. The Kier molecular flexibility index (Phi) is 5.19. The van der Waals surface area contributed by atoms with Crippen LogP contribution in [0.4, 0.5) is 0 Å². The lowest BCUT2D eigenvalue weighted by Gasteiger charge is -2.24. The Morgan fingerprint density at radius 1 is 1.19 bits per heavy atom. The molecule has 2 rings (SSSR count). The van der Waals surface area contributed by atoms with Gasteiger partial charge in [0, 0.05) is 5.39 Å². The topological polar surface area (TPSA) is 45.0 Å². The maximum Gasteiger partial charge on any atom is 0.127 e. The van der Waals surface area contributed by atoms with Crippen LogP contribution in [0.2, 0.25) is 0 Å². The largest absolute Gasteiger partial charge is 0.493 e. The first-order valence-corrected chi connectivity index (χ1v) is 7.45. The van der Waals surface area contributed by atoms with Crippen LogP contribution < -0.4 is 10.1 Å². The van der Waals surface area contributed by atoms with Crippen LogP contribution in [0.5, 0.6) is 5.75 Å². The van der Waals surface area contributed by atoms with E-state index in [2.05, 4.69) is 29.6 Å². The predicted octanol–water partition coefficient (Wildman–Crippen LogP) is 3.89. The van der Waals surface area contributed by atoms with Gasteiger partial charge in [-0.25, -0.2) is 0 Å². The fraction of sp³-hybridized carbons (Fsp3) is 0.389. The summed E-state index contributed by atoms with van der Waals surface area (Å²) in [4.78, 5) is 0. The van der Waals surface area contributed by atoms with Gasteiger partial charge in [0.05, 0.1) is 12.7 Å². The van der Waals surface area contributed by atoms with Crippen molar-refractivity contribution in [3.05, 3.63) is 42.5 Å². The number of hydrogen-bond donors (Lipinski definition) is 1. The SMILES string of the molecule is CCC(C#N)(CCCOc1cccc2ccccc12)NC. The van der Waals surface area contributed by atoms with Crippen molar-refractivity contribution in [1.82, 2.24) is 5.32 Å². The van der Waals surface area contributed by atoms with Gasteiger partial charge in [0.25, 0.3) is 0 Å². The van der Waals surface area contributed by atoms with Crippen LogP contribution in [-0.4, -0.2) is 19.2 Å². The molecule has 0 saturated carbocycles. The number of rotatable bonds is 7. The number of hydrogen-bond acceptors (Lipinski definition) is 3. The Hall–Kier alpha value is -2.05. The number of benzene rings is 2. The zero-order chi connectivity index (χ0) is 15.1. The summed E-state index contributed by atoms with van der Waals surface area (Å²) in [7, 11) is 1.85. The molecule has 110 valence electrons. The Morgan fingerprint density at radius 3 is 2.67 bits per heavy atom. The molecule has 2 aromatic rings. The highest BCUT2D eigenvalue weighted by Crippen LogP contribution is 2.25. The molecule has 0 amide bonds. The molecule has 0 aromatic heterocycles. The molecule has 0 aliphatic heterocycles. The first-order valence-electron chi connectivity index (χ1n) is 7.45. The molecule has 2 aromatic carbocycles. The second kappa shape index (κ2) is 7.10. The van der Waals surface area contributed by atoms with Gasteiger partial charge < -0.3 is 10.1 Å². The molecule has 0 heterocycles. The van der Waals surface area contributed by atoms with E-state index >= 15 is 0 Å². The van der Waals surface area contributed by atoms with Gasteiger partial charge in [-0.15, -0.1) is 0 Å². The maximum absolute atomic E-state index is 9.28. The van der Waals surface area contributed by atoms with Crippen LogP contribution >= 0.6 is 0 Å². The van der Waals surface area contributed by atoms with Crippen molar-refractivity contribution >= 4 is 10.8 Å². The average Bonchev–Trinajstić information content (AvgIpc) is 2.56. The van der Waals surface area contributed by atoms with E-state index in [0.717, 1.165) is 30.4 Å². The second-order valence-electron chi connectivity index (χ2n) is 5.23. The minimum atomic E-state index is -0.428. The van der Waals surface area contributed by atoms with Crippen LogP contribution in [0.25, 0.3) is 10.8 Å². The molecule has 0 aliphatic rings. The zero-order valence-electron chi connectivity index (χ0n) is 12.7. The van der Waals surface area contributed by atoms with Crippen molar-refractivity contribution in [2.24, 2.45) is 0 Å². The van der Waals surface area contributed by atoms with Gasteiger partial charge in [-0.1, -0.05) is 43.3 Å². The molecular weight excluding hydrogens is 260 g/mol. The van der Waals surface area contributed by atoms with Gasteiger partial charge in [-0.05, 0) is 37.8 Å². The van der Waals surface area contributed by atoms with Gasteiger partial charge >= 0.3 is 0 Å². The maximum atomic E-state index is 9.28. The molecule has 1 unspecified atom stereocenters. The highest BCUT2D eigenvalue weighted by Gasteiger charge is 2.24. The van der Waals surface area contributed by atoms with Gasteiger partial charge in [0.2, 0.25) is 0 Å². The highest BCUT2D eigenvalue weighted by molar-refractivity contribution is 5.88. The van der Waals surface area contributed by atoms with Crippen molar-refractivity contribution in [2.45, 2.75) is 31.7 Å². The van der Waals surface area contributed by atoms with Gasteiger partial charge in [0.1, 0.15) is 11.3 Å². The molecule has 0 saturated heterocycles. The summed E-state index contributed by atoms with van der Waals surface area (Å²) in [5.41, 5.74) is -0.428. The van der Waals surface area contributed by atoms with E-state index in [4.69, 9.17) is 4.74 Å². The summed E-state index contributed by atoms with van der Waals surface area (Å²) >= 11 is 0. The van der Waals surface area contributed by atoms with Gasteiger partial charge in [-0.2, -0.15) is 5.26 Å². The molecule has 21 heavy (non-hydrogen) atoms. The molecule has 0 radical (unpaired) electrons. The van der Waals surface area contributed by atoms with Crippen molar-refractivity contribution in [2.75, 3.05) is 13.7 Å². The smallest absolute Gasteiger partial charge is 0.127 e. The van der Waals surface area contributed by atoms with Crippen LogP contribution in [0.1, 0.15) is 26.2 Å². The van der Waals surface area contributed by atoms with Crippen LogP contribution in [0, 0.1) is 11.3 Å². The lowest BCUT2D eigenvalue weighted by atomic mass is 9.92. The lowest BCUT2D eigenvalue weighted by molar-refractivity contribution is 0.284. The Bertz CT molecular complexity index is 621. The first kappa shape index (κ1) is 15.3. The minimum Gasteiger partial charge on any atom is -0.493 e. The average molecular weight is 282 g/mol. The summed E-state index contributed by atoms with van der Waals surface area (Å²) in [5, 5.41) is 14.7. The van der Waals surface area contributed by atoms with E-state index in [1.807, 2.05) is 38.2 Å². The number of nitriles is 1. The third-order valence-corrected chi connectivity index (χ3v) is 4.05. The fourth-order valence-corrected chi connectivity index (χ4v) is 2.55. The number of fused-ring (bicyclic) bond motifs is 1. The number of nitrogens with zero attached hydrogens (tertiary/aromatic N) is 1. The number of ether oxygens (including phenoxy) is 1. The summed E-state index contributed by atoms with van der Waals surface area (Å²) in [6, 6.07) is 16.7. The quantitative estimate of drug-likeness (QED) is 0.784. The Balaban J connectivity index is 1.96. The second-order valence-corrected chi connectivity index (χ2v) is 5.23. The van der Waals surface area contributed by atoms with Crippen molar-refractivity contribution in [3.63, 3.8) is 0 Å². The highest BCUT2D eigenvalue weighted by atomic mass is 16.5. The molecule has 0 bridgehead atoms. The third-order valence-electron chi connectivity index (χ3n) is 4.05. The lowest BCUT2D eigenvalue weighted by Crippen LogP contribution is -2.41. The number of nitrogens with one attached hydrogen (secondary N) is 1. The van der Waals surface area contributed by atoms with Gasteiger partial charge in [0.15, 0.2) is 0 Å². The molecule has 0 fully saturated rings. The van der Waals surface area contributed by atoms with E-state index in [-0.39, 0.29) is 0 Å². The third kappa shape index (κ3) is 3.53. The summed E-state index contributed by atoms with van der Waals surface area (Å²) in [6.07, 6.45) is 2.45. The minimum absolute atomic E-state index is 0.428. The van der Waals surface area contributed by atoms with Crippen LogP contribution in [0.15, 0.2) is 42.5 Å². The summed E-state index contributed by atoms with van der Waals surface area (Å²) < 4.78 is 5.91. The van der Waals surface area contributed by atoms with Crippen molar-refractivity contribution < 1.29 is 4.74 Å². The predicted molar refractivity (Wildman–Crippen MR) is 86.4 cm³/mol. The summed E-state index contributed by atoms with van der Waals surface area (Å²) in [5.74, 6) is 0.914. The standard InChI is InChI=1S/C18H22N2O/c1-3-18(14-19,20-2)12-7-13-21-17-11-6-9-15-8-4-5-10-16(15)17/h4-6,8-11,20H,3,7,12-13H2,1-2H3. The fourth-order valence-electron chi connectivity index (χ4n) is 2.55. The molecular formula is C18H22N2O. The molecule has 0 spiro atoms. The molecule has 0 aliphatic carbocycles. The van der Waals surface area contributed by atoms with E-state index in [9.17, 15) is 5.26 Å². The van der Waals surface area contributed by atoms with E-state index in [1.54, 1.807) is 0 Å². The molecule has 1 N–H and O–H groups in total. The Labute approximate surface area is 126 Å². The van der Waals surface area contributed by atoms with E-state index in [0.29, 0.717) is 6.61 Å². The van der Waals surface area contributed by atoms with E-state index in [1.165, 1.54) is 5.39 Å². The zero-order valence-corrected chi connectivity index (χ0v) is 12.7. The normalized spacial score (nSPS) is 13.6. The Morgan fingerprint density at radius 2 is 1.95 bits per heavy atom. The van der Waals surface area contributed by atoms with Crippen LogP contribution in [-0.2, 0) is 0 Å². The van der Waals surface area contributed by atoms with Crippen LogP contribution in [0.3, 0.4) is 0 Å². The van der Waals surface area contributed by atoms with Crippen molar-refractivity contribution in [1.29, 1.82) is 5.26 Å². The van der Waals surface area contributed by atoms with E-state index < -0.39 is 5.54 Å². The summed E-state index contributed by atoms with van der Waals surface area (Å²) in [6.45, 7) is 2.66. The molecule has 3 nitrogen and oxygen atoms in total. The van der Waals surface area contributed by atoms with Crippen molar-refractivity contribution in [3.8, 4) is 11.8 Å². The monoisotopic (exact) mass is 282 g/mol. The first-order chi connectivity index (χ1) is 10.2.